The van der Waals surface area contributed by atoms with Crippen LogP contribution in [-0.4, -0.2) is 57.0 Å². The normalized spacial score (nSPS) is 18.3. The molecule has 186 valence electrons. The molecule has 2 heterocycles. The quantitative estimate of drug-likeness (QED) is 0.539. The van der Waals surface area contributed by atoms with Gasteiger partial charge in [0, 0.05) is 24.2 Å². The number of aliphatic imine (C=N–C) groups is 1. The number of ether oxygens (including phenoxy) is 3. The Bertz CT molecular complexity index is 1140. The maximum absolute atomic E-state index is 12.4. The first-order valence-electron chi connectivity index (χ1n) is 12.0. The molecule has 1 atom stereocenters. The number of morpholine rings is 1. The minimum absolute atomic E-state index is 0.0500. The van der Waals surface area contributed by atoms with E-state index < -0.39 is 0 Å². The highest BCUT2D eigenvalue weighted by atomic mass is 32.1. The SMILES string of the molecule is COc1cc(C=Nc2sc3c(c2C#N)CC[C@@H](C(C)(C)C)C3)ccc1OCC(=O)N1CCOCC1. The lowest BCUT2D eigenvalue weighted by Crippen LogP contribution is -2.43. The highest BCUT2D eigenvalue weighted by molar-refractivity contribution is 7.16. The van der Waals surface area contributed by atoms with Crippen LogP contribution in [0.1, 0.15) is 48.8 Å². The highest BCUT2D eigenvalue weighted by Gasteiger charge is 2.32. The van der Waals surface area contributed by atoms with Gasteiger partial charge in [-0.3, -0.25) is 4.79 Å². The summed E-state index contributed by atoms with van der Waals surface area (Å²) in [6.07, 6.45) is 4.81. The van der Waals surface area contributed by atoms with Crippen molar-refractivity contribution >= 4 is 28.5 Å². The van der Waals surface area contributed by atoms with Gasteiger partial charge in [0.15, 0.2) is 18.1 Å². The van der Waals surface area contributed by atoms with Crippen LogP contribution in [0.25, 0.3) is 0 Å². The maximum Gasteiger partial charge on any atom is 0.260 e. The van der Waals surface area contributed by atoms with E-state index in [1.54, 1.807) is 35.6 Å². The van der Waals surface area contributed by atoms with Crippen LogP contribution < -0.4 is 9.47 Å². The number of carbonyl (C=O) groups is 1. The molecule has 1 aliphatic heterocycles. The number of fused-ring (bicyclic) bond motifs is 1. The van der Waals surface area contributed by atoms with Crippen molar-refractivity contribution in [1.82, 2.24) is 4.90 Å². The molecule has 8 heteroatoms. The Morgan fingerprint density at radius 3 is 2.77 bits per heavy atom. The van der Waals surface area contributed by atoms with E-state index in [-0.39, 0.29) is 17.9 Å². The summed E-state index contributed by atoms with van der Waals surface area (Å²) in [7, 11) is 1.57. The van der Waals surface area contributed by atoms with Crippen molar-refractivity contribution in [3.63, 3.8) is 0 Å². The molecule has 0 bridgehead atoms. The van der Waals surface area contributed by atoms with Crippen LogP contribution in [-0.2, 0) is 22.4 Å². The van der Waals surface area contributed by atoms with Crippen molar-refractivity contribution in [2.45, 2.75) is 40.0 Å². The molecule has 0 spiro atoms. The molecular weight excluding hydrogens is 462 g/mol. The number of methoxy groups -OCH3 is 1. The molecule has 4 rings (SSSR count). The molecule has 1 aromatic carbocycles. The van der Waals surface area contributed by atoms with Crippen molar-refractivity contribution in [3.05, 3.63) is 39.8 Å². The van der Waals surface area contributed by atoms with E-state index in [2.05, 4.69) is 31.8 Å². The number of nitrogens with zero attached hydrogens (tertiary/aromatic N) is 3. The fraction of sp³-hybridized carbons (Fsp3) is 0.519. The second-order valence-electron chi connectivity index (χ2n) is 10.1. The van der Waals surface area contributed by atoms with Gasteiger partial charge in [-0.15, -0.1) is 11.3 Å². The van der Waals surface area contributed by atoms with Gasteiger partial charge in [0.2, 0.25) is 0 Å². The average molecular weight is 496 g/mol. The third-order valence-corrected chi connectivity index (χ3v) is 7.98. The minimum Gasteiger partial charge on any atom is -0.493 e. The zero-order valence-corrected chi connectivity index (χ0v) is 21.7. The molecule has 7 nitrogen and oxygen atoms in total. The number of benzene rings is 1. The highest BCUT2D eigenvalue weighted by Crippen LogP contribution is 2.45. The molecule has 35 heavy (non-hydrogen) atoms. The van der Waals surface area contributed by atoms with Crippen molar-refractivity contribution < 1.29 is 19.0 Å². The number of hydrogen-bond acceptors (Lipinski definition) is 7. The van der Waals surface area contributed by atoms with Gasteiger partial charge in [0.05, 0.1) is 25.9 Å². The molecule has 0 radical (unpaired) electrons. The van der Waals surface area contributed by atoms with Crippen LogP contribution in [0.4, 0.5) is 5.00 Å². The van der Waals surface area contributed by atoms with Gasteiger partial charge in [-0.05, 0) is 59.9 Å². The molecular formula is C27H33N3O4S. The summed E-state index contributed by atoms with van der Waals surface area (Å²) >= 11 is 1.64. The molecule has 1 saturated heterocycles. The van der Waals surface area contributed by atoms with Gasteiger partial charge in [-0.1, -0.05) is 20.8 Å². The molecule has 1 aliphatic carbocycles. The van der Waals surface area contributed by atoms with Gasteiger partial charge in [0.1, 0.15) is 11.1 Å². The number of rotatable bonds is 6. The first-order chi connectivity index (χ1) is 16.8. The van der Waals surface area contributed by atoms with Crippen LogP contribution in [0.15, 0.2) is 23.2 Å². The Balaban J connectivity index is 1.46. The van der Waals surface area contributed by atoms with Gasteiger partial charge < -0.3 is 19.1 Å². The summed E-state index contributed by atoms with van der Waals surface area (Å²) in [5.41, 5.74) is 2.97. The van der Waals surface area contributed by atoms with E-state index in [0.29, 0.717) is 49.3 Å². The van der Waals surface area contributed by atoms with Crippen LogP contribution in [0, 0.1) is 22.7 Å². The van der Waals surface area contributed by atoms with Gasteiger partial charge >= 0.3 is 0 Å². The minimum atomic E-state index is -0.0691. The second-order valence-corrected chi connectivity index (χ2v) is 11.1. The fourth-order valence-electron chi connectivity index (χ4n) is 4.58. The molecule has 1 amide bonds. The molecule has 2 aliphatic rings. The number of hydrogen-bond donors (Lipinski definition) is 0. The second kappa shape index (κ2) is 10.8. The number of thiophene rings is 1. The molecule has 0 N–H and O–H groups in total. The van der Waals surface area contributed by atoms with Gasteiger partial charge in [-0.25, -0.2) is 4.99 Å². The number of nitriles is 1. The summed E-state index contributed by atoms with van der Waals surface area (Å²) < 4.78 is 16.5. The smallest absolute Gasteiger partial charge is 0.260 e. The zero-order valence-electron chi connectivity index (χ0n) is 20.9. The summed E-state index contributed by atoms with van der Waals surface area (Å²) in [6, 6.07) is 7.87. The third-order valence-electron chi connectivity index (χ3n) is 6.82. The molecule has 0 saturated carbocycles. The van der Waals surface area contributed by atoms with Crippen molar-refractivity contribution in [2.75, 3.05) is 40.0 Å². The maximum atomic E-state index is 12.4. The lowest BCUT2D eigenvalue weighted by molar-refractivity contribution is -0.137. The van der Waals surface area contributed by atoms with Crippen LogP contribution in [0.2, 0.25) is 0 Å². The van der Waals surface area contributed by atoms with E-state index in [1.165, 1.54) is 10.4 Å². The Morgan fingerprint density at radius 2 is 2.09 bits per heavy atom. The summed E-state index contributed by atoms with van der Waals surface area (Å²) in [5, 5.41) is 10.6. The molecule has 1 fully saturated rings. The molecule has 1 aromatic heterocycles. The Kier molecular flexibility index (Phi) is 7.78. The standard InChI is InChI=1S/C27H33N3O4S/c1-27(2,3)19-6-7-20-21(15-28)26(35-24(20)14-19)29-16-18-5-8-22(23(13-18)32-4)34-17-25(31)30-9-11-33-12-10-30/h5,8,13,16,19H,6-7,9-12,14,17H2,1-4H3/t19-/m1/s1. The van der Waals surface area contributed by atoms with Crippen LogP contribution in [0.5, 0.6) is 11.5 Å². The molecule has 2 aromatic rings. The van der Waals surface area contributed by atoms with Gasteiger partial charge in [0.25, 0.3) is 5.91 Å². The average Bonchev–Trinajstić information content (AvgIpc) is 3.22. The van der Waals surface area contributed by atoms with E-state index in [9.17, 15) is 10.1 Å². The van der Waals surface area contributed by atoms with E-state index in [4.69, 9.17) is 14.2 Å². The fourth-order valence-corrected chi connectivity index (χ4v) is 5.80. The summed E-state index contributed by atoms with van der Waals surface area (Å²) in [5.74, 6) is 1.58. The predicted octanol–water partition coefficient (Wildman–Crippen LogP) is 4.77. The third kappa shape index (κ3) is 5.85. The lowest BCUT2D eigenvalue weighted by Gasteiger charge is -2.33. The Labute approximate surface area is 211 Å². The Morgan fingerprint density at radius 1 is 1.31 bits per heavy atom. The van der Waals surface area contributed by atoms with Crippen LogP contribution >= 0.6 is 11.3 Å². The largest absolute Gasteiger partial charge is 0.493 e. The van der Waals surface area contributed by atoms with E-state index in [1.807, 2.05) is 12.1 Å². The zero-order chi connectivity index (χ0) is 25.0. The monoisotopic (exact) mass is 495 g/mol. The Hall–Kier alpha value is -2.89. The first-order valence-corrected chi connectivity index (χ1v) is 12.9. The van der Waals surface area contributed by atoms with Crippen molar-refractivity contribution in [3.8, 4) is 17.6 Å². The lowest BCUT2D eigenvalue weighted by atomic mass is 9.72. The number of amides is 1. The van der Waals surface area contributed by atoms with E-state index in [0.717, 1.165) is 29.8 Å². The predicted molar refractivity (Wildman–Crippen MR) is 137 cm³/mol. The molecule has 0 unspecified atom stereocenters. The summed E-state index contributed by atoms with van der Waals surface area (Å²) in [6.45, 7) is 9.11. The van der Waals surface area contributed by atoms with E-state index >= 15 is 0 Å². The van der Waals surface area contributed by atoms with Crippen LogP contribution in [0.3, 0.4) is 0 Å². The van der Waals surface area contributed by atoms with Crippen molar-refractivity contribution in [2.24, 2.45) is 16.3 Å². The number of carbonyl (C=O) groups excluding carboxylic acids is 1. The first kappa shape index (κ1) is 25.2. The van der Waals surface area contributed by atoms with Crippen molar-refractivity contribution in [1.29, 1.82) is 5.26 Å². The topological polar surface area (TPSA) is 84.2 Å². The summed E-state index contributed by atoms with van der Waals surface area (Å²) in [4.78, 5) is 20.1. The van der Waals surface area contributed by atoms with Gasteiger partial charge in [-0.2, -0.15) is 5.26 Å².